The molecule has 1 aromatic rings. The topological polar surface area (TPSA) is 49.8 Å². The van der Waals surface area contributed by atoms with Crippen molar-refractivity contribution in [1.82, 2.24) is 15.3 Å². The molecular formula is C10H16N4. The smallest absolute Gasteiger partial charge is 0.147 e. The van der Waals surface area contributed by atoms with Crippen LogP contribution in [0.1, 0.15) is 30.4 Å². The van der Waals surface area contributed by atoms with E-state index in [1.807, 2.05) is 20.0 Å². The average Bonchev–Trinajstić information content (AvgIpc) is 2.69. The first-order valence-corrected chi connectivity index (χ1v) is 5.06. The maximum Gasteiger partial charge on any atom is 0.147 e. The molecular weight excluding hydrogens is 176 g/mol. The van der Waals surface area contributed by atoms with Gasteiger partial charge in [-0.1, -0.05) is 0 Å². The van der Waals surface area contributed by atoms with E-state index in [2.05, 4.69) is 20.6 Å². The van der Waals surface area contributed by atoms with Crippen LogP contribution in [-0.2, 0) is 0 Å². The van der Waals surface area contributed by atoms with Gasteiger partial charge in [0.2, 0.25) is 0 Å². The first kappa shape index (κ1) is 9.40. The maximum atomic E-state index is 4.45. The van der Waals surface area contributed by atoms with Crippen LogP contribution >= 0.6 is 0 Å². The predicted molar refractivity (Wildman–Crippen MR) is 56.3 cm³/mol. The Morgan fingerprint density at radius 2 is 2.36 bits per heavy atom. The van der Waals surface area contributed by atoms with Crippen LogP contribution in [-0.4, -0.2) is 23.6 Å². The van der Waals surface area contributed by atoms with Crippen LogP contribution in [0.4, 0.5) is 5.82 Å². The van der Waals surface area contributed by atoms with Gasteiger partial charge in [0.05, 0.1) is 6.04 Å². The van der Waals surface area contributed by atoms with Crippen molar-refractivity contribution in [3.05, 3.63) is 17.6 Å². The van der Waals surface area contributed by atoms with Crippen molar-refractivity contribution in [3.63, 3.8) is 0 Å². The van der Waals surface area contributed by atoms with Gasteiger partial charge in [0.1, 0.15) is 11.6 Å². The number of hydrogen-bond acceptors (Lipinski definition) is 4. The lowest BCUT2D eigenvalue weighted by Gasteiger charge is -2.10. The lowest BCUT2D eigenvalue weighted by atomic mass is 10.2. The fourth-order valence-corrected chi connectivity index (χ4v) is 1.78. The fourth-order valence-electron chi connectivity index (χ4n) is 1.78. The van der Waals surface area contributed by atoms with Gasteiger partial charge < -0.3 is 10.6 Å². The van der Waals surface area contributed by atoms with Gasteiger partial charge in [0.15, 0.2) is 0 Å². The Hall–Kier alpha value is -1.16. The molecule has 0 aliphatic carbocycles. The highest BCUT2D eigenvalue weighted by Gasteiger charge is 2.19. The Kier molecular flexibility index (Phi) is 2.63. The lowest BCUT2D eigenvalue weighted by Crippen LogP contribution is -2.16. The van der Waals surface area contributed by atoms with Crippen molar-refractivity contribution in [3.8, 4) is 0 Å². The summed E-state index contributed by atoms with van der Waals surface area (Å²) in [4.78, 5) is 8.90. The van der Waals surface area contributed by atoms with Gasteiger partial charge in [0.25, 0.3) is 0 Å². The highest BCUT2D eigenvalue weighted by molar-refractivity contribution is 5.35. The standard InChI is InChI=1S/C10H16N4/c1-7-6-9(11-2)14-10(13-7)8-4-3-5-12-8/h6,8,12H,3-5H2,1-2H3,(H,11,13,14). The third kappa shape index (κ3) is 1.85. The molecule has 0 spiro atoms. The Bertz CT molecular complexity index is 318. The number of anilines is 1. The van der Waals surface area contributed by atoms with Crippen molar-refractivity contribution in [2.75, 3.05) is 18.9 Å². The van der Waals surface area contributed by atoms with E-state index in [1.54, 1.807) is 0 Å². The van der Waals surface area contributed by atoms with Crippen LogP contribution < -0.4 is 10.6 Å². The Balaban J connectivity index is 2.27. The summed E-state index contributed by atoms with van der Waals surface area (Å²) >= 11 is 0. The summed E-state index contributed by atoms with van der Waals surface area (Å²) < 4.78 is 0. The van der Waals surface area contributed by atoms with Gasteiger partial charge in [-0.15, -0.1) is 0 Å². The number of rotatable bonds is 2. The minimum absolute atomic E-state index is 0.349. The second-order valence-electron chi connectivity index (χ2n) is 3.65. The van der Waals surface area contributed by atoms with Crippen molar-refractivity contribution in [2.45, 2.75) is 25.8 Å². The van der Waals surface area contributed by atoms with E-state index in [0.29, 0.717) is 6.04 Å². The third-order valence-corrected chi connectivity index (χ3v) is 2.50. The molecule has 1 atom stereocenters. The largest absolute Gasteiger partial charge is 0.373 e. The van der Waals surface area contributed by atoms with E-state index in [1.165, 1.54) is 6.42 Å². The summed E-state index contributed by atoms with van der Waals surface area (Å²) in [6.45, 7) is 3.08. The number of hydrogen-bond donors (Lipinski definition) is 2. The van der Waals surface area contributed by atoms with Gasteiger partial charge in [-0.05, 0) is 26.3 Å². The predicted octanol–water partition coefficient (Wildman–Crippen LogP) is 1.25. The van der Waals surface area contributed by atoms with Crippen LogP contribution in [0.25, 0.3) is 0 Å². The lowest BCUT2D eigenvalue weighted by molar-refractivity contribution is 0.603. The molecule has 2 heterocycles. The summed E-state index contributed by atoms with van der Waals surface area (Å²) in [5.74, 6) is 1.83. The zero-order chi connectivity index (χ0) is 9.97. The molecule has 0 aromatic carbocycles. The third-order valence-electron chi connectivity index (χ3n) is 2.50. The molecule has 0 saturated carbocycles. The SMILES string of the molecule is CNc1cc(C)nc(C2CCCN2)n1. The molecule has 14 heavy (non-hydrogen) atoms. The van der Waals surface area contributed by atoms with Gasteiger partial charge in [0, 0.05) is 18.8 Å². The summed E-state index contributed by atoms with van der Waals surface area (Å²) in [5, 5.41) is 6.45. The zero-order valence-electron chi connectivity index (χ0n) is 8.67. The van der Waals surface area contributed by atoms with Crippen LogP contribution in [0.3, 0.4) is 0 Å². The summed E-state index contributed by atoms with van der Waals surface area (Å²) in [6.07, 6.45) is 2.36. The average molecular weight is 192 g/mol. The van der Waals surface area contributed by atoms with E-state index >= 15 is 0 Å². The van der Waals surface area contributed by atoms with Crippen molar-refractivity contribution in [2.24, 2.45) is 0 Å². The van der Waals surface area contributed by atoms with Crippen molar-refractivity contribution in [1.29, 1.82) is 0 Å². The molecule has 4 heteroatoms. The molecule has 1 aliphatic heterocycles. The molecule has 4 nitrogen and oxygen atoms in total. The van der Waals surface area contributed by atoms with Crippen LogP contribution in [0.5, 0.6) is 0 Å². The molecule has 1 saturated heterocycles. The van der Waals surface area contributed by atoms with E-state index in [4.69, 9.17) is 0 Å². The second-order valence-corrected chi connectivity index (χ2v) is 3.65. The Labute approximate surface area is 84.2 Å². The molecule has 0 amide bonds. The molecule has 1 unspecified atom stereocenters. The van der Waals surface area contributed by atoms with E-state index < -0.39 is 0 Å². The van der Waals surface area contributed by atoms with Gasteiger partial charge in [-0.2, -0.15) is 0 Å². The molecule has 76 valence electrons. The van der Waals surface area contributed by atoms with Crippen molar-refractivity contribution < 1.29 is 0 Å². The molecule has 2 rings (SSSR count). The quantitative estimate of drug-likeness (QED) is 0.740. The molecule has 1 aliphatic rings. The van der Waals surface area contributed by atoms with Crippen LogP contribution in [0, 0.1) is 6.92 Å². The van der Waals surface area contributed by atoms with E-state index in [-0.39, 0.29) is 0 Å². The highest BCUT2D eigenvalue weighted by Crippen LogP contribution is 2.21. The summed E-state index contributed by atoms with van der Waals surface area (Å²) in [7, 11) is 1.88. The van der Waals surface area contributed by atoms with E-state index in [0.717, 1.165) is 30.3 Å². The maximum absolute atomic E-state index is 4.45. The van der Waals surface area contributed by atoms with Crippen molar-refractivity contribution >= 4 is 5.82 Å². The first-order chi connectivity index (χ1) is 6.79. The van der Waals surface area contributed by atoms with Gasteiger partial charge >= 0.3 is 0 Å². The van der Waals surface area contributed by atoms with E-state index in [9.17, 15) is 0 Å². The molecule has 0 radical (unpaired) electrons. The monoisotopic (exact) mass is 192 g/mol. The fraction of sp³-hybridized carbons (Fsp3) is 0.600. The Morgan fingerprint density at radius 1 is 1.50 bits per heavy atom. The van der Waals surface area contributed by atoms with Crippen LogP contribution in [0.2, 0.25) is 0 Å². The highest BCUT2D eigenvalue weighted by atomic mass is 15.1. The number of nitrogens with one attached hydrogen (secondary N) is 2. The number of aromatic nitrogens is 2. The van der Waals surface area contributed by atoms with Gasteiger partial charge in [-0.25, -0.2) is 9.97 Å². The van der Waals surface area contributed by atoms with Crippen LogP contribution in [0.15, 0.2) is 6.07 Å². The molecule has 1 aromatic heterocycles. The molecule has 2 N–H and O–H groups in total. The number of aryl methyl sites for hydroxylation is 1. The van der Waals surface area contributed by atoms with Gasteiger partial charge in [-0.3, -0.25) is 0 Å². The summed E-state index contributed by atoms with van der Waals surface area (Å²) in [5.41, 5.74) is 1.02. The minimum atomic E-state index is 0.349. The molecule has 1 fully saturated rings. The molecule has 0 bridgehead atoms. The first-order valence-electron chi connectivity index (χ1n) is 5.06. The Morgan fingerprint density at radius 3 is 3.00 bits per heavy atom. The number of nitrogens with zero attached hydrogens (tertiary/aromatic N) is 2. The zero-order valence-corrected chi connectivity index (χ0v) is 8.67. The summed E-state index contributed by atoms with van der Waals surface area (Å²) in [6, 6.07) is 2.31. The second kappa shape index (κ2) is 3.92. The normalized spacial score (nSPS) is 21.1. The minimum Gasteiger partial charge on any atom is -0.373 e.